The van der Waals surface area contributed by atoms with Gasteiger partial charge >= 0.3 is 0 Å². The number of benzene rings is 3. The second-order valence-corrected chi connectivity index (χ2v) is 8.15. The van der Waals surface area contributed by atoms with Crippen LogP contribution < -0.4 is 4.74 Å². The number of hydrogen-bond acceptors (Lipinski definition) is 4. The minimum absolute atomic E-state index is 0.0656. The molecule has 0 N–H and O–H groups in total. The zero-order valence-electron chi connectivity index (χ0n) is 16.5. The lowest BCUT2D eigenvalue weighted by Gasteiger charge is -2.07. The Morgan fingerprint density at radius 1 is 1.00 bits per heavy atom. The van der Waals surface area contributed by atoms with Crippen LogP contribution in [-0.2, 0) is 4.79 Å². The summed E-state index contributed by atoms with van der Waals surface area (Å²) in [6.45, 7) is 0. The van der Waals surface area contributed by atoms with Gasteiger partial charge in [0.1, 0.15) is 5.75 Å². The van der Waals surface area contributed by atoms with Crippen LogP contribution in [-0.4, -0.2) is 30.1 Å². The van der Waals surface area contributed by atoms with Gasteiger partial charge in [0.2, 0.25) is 0 Å². The minimum atomic E-state index is -0.0656. The molecule has 1 fully saturated rings. The molecule has 0 spiro atoms. The van der Waals surface area contributed by atoms with Crippen LogP contribution in [0.5, 0.6) is 5.75 Å². The topological polar surface area (TPSA) is 41.9 Å². The lowest BCUT2D eigenvalue weighted by molar-refractivity contribution is -0.121. The van der Waals surface area contributed by atoms with Crippen LogP contribution in [0.4, 0.5) is 5.69 Å². The van der Waals surface area contributed by atoms with Crippen molar-refractivity contribution in [3.05, 3.63) is 88.3 Å². The molecule has 0 aliphatic carbocycles. The molecule has 0 unspecified atom stereocenters. The number of carbonyl (C=O) groups excluding carboxylic acids is 1. The smallest absolute Gasteiger partial charge is 0.266 e. The fourth-order valence-corrected chi connectivity index (χ4v) is 4.13. The monoisotopic (exact) mass is 434 g/mol. The molecule has 1 heterocycles. The number of methoxy groups -OCH3 is 1. The Morgan fingerprint density at radius 2 is 1.73 bits per heavy atom. The van der Waals surface area contributed by atoms with E-state index in [9.17, 15) is 4.79 Å². The van der Waals surface area contributed by atoms with Crippen molar-refractivity contribution < 1.29 is 9.53 Å². The van der Waals surface area contributed by atoms with Crippen molar-refractivity contribution in [2.24, 2.45) is 4.99 Å². The molecule has 1 aliphatic rings. The highest BCUT2D eigenvalue weighted by Gasteiger charge is 2.30. The van der Waals surface area contributed by atoms with Crippen LogP contribution in [0, 0.1) is 0 Å². The predicted molar refractivity (Wildman–Crippen MR) is 125 cm³/mol. The number of amides is 1. The number of nitrogens with zero attached hydrogens (tertiary/aromatic N) is 2. The van der Waals surface area contributed by atoms with E-state index in [2.05, 4.69) is 11.1 Å². The summed E-state index contributed by atoms with van der Waals surface area (Å²) in [5.74, 6) is 0.702. The second-order valence-electron chi connectivity index (χ2n) is 6.70. The number of thioether (sulfide) groups is 1. The van der Waals surface area contributed by atoms with Gasteiger partial charge in [-0.15, -0.1) is 0 Å². The summed E-state index contributed by atoms with van der Waals surface area (Å²) in [6.07, 6.45) is 1.90. The summed E-state index contributed by atoms with van der Waals surface area (Å²) in [4.78, 5) is 19.5. The maximum atomic E-state index is 12.7. The molecule has 0 radical (unpaired) electrons. The van der Waals surface area contributed by atoms with Gasteiger partial charge in [-0.05, 0) is 77.0 Å². The van der Waals surface area contributed by atoms with Gasteiger partial charge in [-0.1, -0.05) is 41.9 Å². The maximum absolute atomic E-state index is 12.7. The van der Waals surface area contributed by atoms with Crippen LogP contribution in [0.15, 0.2) is 82.7 Å². The number of rotatable bonds is 4. The summed E-state index contributed by atoms with van der Waals surface area (Å²) in [5.41, 5.74) is 3.86. The van der Waals surface area contributed by atoms with Crippen molar-refractivity contribution in [1.82, 2.24) is 4.90 Å². The Balaban J connectivity index is 1.59. The Morgan fingerprint density at radius 3 is 2.43 bits per heavy atom. The highest BCUT2D eigenvalue weighted by molar-refractivity contribution is 8.18. The van der Waals surface area contributed by atoms with Gasteiger partial charge in [0.15, 0.2) is 5.17 Å². The summed E-state index contributed by atoms with van der Waals surface area (Å²) < 4.78 is 5.17. The molecule has 4 nitrogen and oxygen atoms in total. The molecule has 0 bridgehead atoms. The zero-order chi connectivity index (χ0) is 21.1. The third-order valence-corrected chi connectivity index (χ3v) is 5.97. The fourth-order valence-electron chi connectivity index (χ4n) is 3.02. The number of likely N-dealkylation sites (N-methyl/N-ethyl adjacent to an activating group) is 1. The van der Waals surface area contributed by atoms with Gasteiger partial charge in [-0.25, -0.2) is 4.99 Å². The van der Waals surface area contributed by atoms with Crippen molar-refractivity contribution in [2.45, 2.75) is 0 Å². The normalized spacial score (nSPS) is 16.5. The fraction of sp³-hybridized carbons (Fsp3) is 0.0833. The van der Waals surface area contributed by atoms with E-state index in [1.165, 1.54) is 11.8 Å². The highest BCUT2D eigenvalue weighted by atomic mass is 35.5. The first-order valence-electron chi connectivity index (χ1n) is 9.30. The Labute approximate surface area is 184 Å². The van der Waals surface area contributed by atoms with Crippen LogP contribution in [0.1, 0.15) is 5.56 Å². The highest BCUT2D eigenvalue weighted by Crippen LogP contribution is 2.34. The molecule has 0 aromatic heterocycles. The Hall–Kier alpha value is -3.02. The Kier molecular flexibility index (Phi) is 5.93. The number of amidine groups is 1. The van der Waals surface area contributed by atoms with Crippen molar-refractivity contribution in [3.8, 4) is 16.9 Å². The molecular formula is C24H19ClN2O2S. The molecular weight excluding hydrogens is 416 g/mol. The van der Waals surface area contributed by atoms with Crippen LogP contribution in [0.3, 0.4) is 0 Å². The summed E-state index contributed by atoms with van der Waals surface area (Å²) in [5, 5.41) is 1.35. The summed E-state index contributed by atoms with van der Waals surface area (Å²) in [6, 6.07) is 23.2. The van der Waals surface area contributed by atoms with Gasteiger partial charge in [-0.2, -0.15) is 0 Å². The predicted octanol–water partition coefficient (Wildman–Crippen LogP) is 6.25. The number of hydrogen-bond donors (Lipinski definition) is 0. The molecule has 30 heavy (non-hydrogen) atoms. The minimum Gasteiger partial charge on any atom is -0.497 e. The lowest BCUT2D eigenvalue weighted by Crippen LogP contribution is -2.23. The molecule has 0 saturated carbocycles. The van der Waals surface area contributed by atoms with E-state index in [1.54, 1.807) is 19.1 Å². The molecule has 0 atom stereocenters. The summed E-state index contributed by atoms with van der Waals surface area (Å²) >= 11 is 7.36. The van der Waals surface area contributed by atoms with E-state index in [4.69, 9.17) is 16.3 Å². The quantitative estimate of drug-likeness (QED) is 0.456. The van der Waals surface area contributed by atoms with Crippen molar-refractivity contribution in [3.63, 3.8) is 0 Å². The largest absolute Gasteiger partial charge is 0.497 e. The molecule has 1 aliphatic heterocycles. The molecule has 4 rings (SSSR count). The molecule has 150 valence electrons. The molecule has 1 amide bonds. The van der Waals surface area contributed by atoms with Gasteiger partial charge in [0.05, 0.1) is 17.7 Å². The first-order chi connectivity index (χ1) is 14.5. The molecule has 6 heteroatoms. The average Bonchev–Trinajstić information content (AvgIpc) is 3.03. The lowest BCUT2D eigenvalue weighted by atomic mass is 10.0. The standard InChI is InChI=1S/C24H19ClN2O2S/c1-27-23(28)22(30-24(27)26-20-10-12-21(29-2)13-11-20)15-16-4-3-5-18(14-16)17-6-8-19(25)9-7-17/h3-15H,1-2H3/b22-15-,26-24?. The van der Waals surface area contributed by atoms with Crippen LogP contribution in [0.25, 0.3) is 17.2 Å². The summed E-state index contributed by atoms with van der Waals surface area (Å²) in [7, 11) is 3.36. The average molecular weight is 435 g/mol. The van der Waals surface area contributed by atoms with E-state index in [-0.39, 0.29) is 5.91 Å². The van der Waals surface area contributed by atoms with Crippen LogP contribution in [0.2, 0.25) is 5.02 Å². The second kappa shape index (κ2) is 8.78. The third-order valence-electron chi connectivity index (χ3n) is 4.66. The first-order valence-corrected chi connectivity index (χ1v) is 10.5. The van der Waals surface area contributed by atoms with E-state index in [1.807, 2.05) is 72.8 Å². The van der Waals surface area contributed by atoms with Gasteiger partial charge in [0, 0.05) is 12.1 Å². The number of aliphatic imine (C=N–C) groups is 1. The van der Waals surface area contributed by atoms with E-state index in [0.717, 1.165) is 28.1 Å². The van der Waals surface area contributed by atoms with E-state index in [0.29, 0.717) is 15.1 Å². The van der Waals surface area contributed by atoms with Gasteiger partial charge < -0.3 is 4.74 Å². The number of carbonyl (C=O) groups is 1. The SMILES string of the molecule is COc1ccc(N=C2S/C(=C\c3cccc(-c4ccc(Cl)cc4)c3)C(=O)N2C)cc1. The number of halogens is 1. The molecule has 3 aromatic carbocycles. The zero-order valence-corrected chi connectivity index (χ0v) is 18.1. The number of ether oxygens (including phenoxy) is 1. The van der Waals surface area contributed by atoms with Crippen LogP contribution >= 0.6 is 23.4 Å². The third kappa shape index (κ3) is 4.42. The maximum Gasteiger partial charge on any atom is 0.266 e. The molecule has 3 aromatic rings. The first kappa shape index (κ1) is 20.3. The van der Waals surface area contributed by atoms with Crippen molar-refractivity contribution >= 4 is 46.2 Å². The van der Waals surface area contributed by atoms with E-state index >= 15 is 0 Å². The molecule has 1 saturated heterocycles. The van der Waals surface area contributed by atoms with E-state index < -0.39 is 0 Å². The van der Waals surface area contributed by atoms with Gasteiger partial charge in [-0.3, -0.25) is 9.69 Å². The van der Waals surface area contributed by atoms with Gasteiger partial charge in [0.25, 0.3) is 5.91 Å². The van der Waals surface area contributed by atoms with Crippen molar-refractivity contribution in [2.75, 3.05) is 14.2 Å². The van der Waals surface area contributed by atoms with Crippen molar-refractivity contribution in [1.29, 1.82) is 0 Å². The Bertz CT molecular complexity index is 1140.